The van der Waals surface area contributed by atoms with Crippen LogP contribution in [0.2, 0.25) is 0 Å². The molecule has 0 saturated carbocycles. The fourth-order valence-electron chi connectivity index (χ4n) is 5.66. The number of aromatic carboxylic acids is 2. The first-order valence-corrected chi connectivity index (χ1v) is 16.0. The van der Waals surface area contributed by atoms with Crippen LogP contribution in [-0.2, 0) is 20.1 Å². The first-order valence-electron chi connectivity index (χ1n) is 16.0. The summed E-state index contributed by atoms with van der Waals surface area (Å²) < 4.78 is 59.7. The normalized spacial score (nSPS) is 10.6. The standard InChI is InChI=1S/C12H12BN8.2C12H7F2NO2.Ir/c1-5-14-18(9-1)13(19-10-2-6-15-19,20-11-3-7-16-20)21-12-4-8-17-21;2*13-7-3-4-8(10(14)6-7)9-2-1-5-15-11(9)12(16)17;/h1-12H;2*1-6H,(H,16,17);/q-1;;;+3/p-2. The molecule has 8 rings (SSSR count). The van der Waals surface area contributed by atoms with Gasteiger partial charge in [0.25, 0.3) is 0 Å². The van der Waals surface area contributed by atoms with Gasteiger partial charge in [-0.05, 0) is 85.5 Å². The minimum Gasteiger partial charge on any atom is -0.543 e. The molecule has 0 atom stereocenters. The molecule has 20 heteroatoms. The second-order valence-corrected chi connectivity index (χ2v) is 11.3. The largest absolute Gasteiger partial charge is 3.00 e. The van der Waals surface area contributed by atoms with E-state index in [1.54, 1.807) is 24.8 Å². The van der Waals surface area contributed by atoms with Gasteiger partial charge in [-0.1, -0.05) is 12.1 Å². The summed E-state index contributed by atoms with van der Waals surface area (Å²) in [6.07, 6.45) is 17.0. The molecule has 0 amide bonds. The van der Waals surface area contributed by atoms with Gasteiger partial charge in [0.05, 0.1) is 23.3 Å². The Balaban J connectivity index is 0.000000161. The third-order valence-corrected chi connectivity index (χ3v) is 7.96. The van der Waals surface area contributed by atoms with Crippen LogP contribution in [0.25, 0.3) is 22.3 Å². The van der Waals surface area contributed by atoms with Crippen molar-refractivity contribution in [1.29, 1.82) is 0 Å². The van der Waals surface area contributed by atoms with Crippen LogP contribution in [0.1, 0.15) is 21.0 Å². The first-order chi connectivity index (χ1) is 26.6. The summed E-state index contributed by atoms with van der Waals surface area (Å²) in [6.45, 7) is -1.83. The summed E-state index contributed by atoms with van der Waals surface area (Å²) in [7, 11) is 0. The summed E-state index contributed by atoms with van der Waals surface area (Å²) in [6, 6.07) is 18.9. The summed E-state index contributed by atoms with van der Waals surface area (Å²) in [5.41, 5.74) is -0.691. The van der Waals surface area contributed by atoms with Crippen molar-refractivity contribution in [2.75, 3.05) is 0 Å². The molecule has 0 aliphatic carbocycles. The molecule has 0 spiro atoms. The zero-order valence-corrected chi connectivity index (χ0v) is 30.8. The van der Waals surface area contributed by atoms with Crippen molar-refractivity contribution in [3.05, 3.63) is 182 Å². The van der Waals surface area contributed by atoms with Crippen LogP contribution in [0.3, 0.4) is 0 Å². The summed E-state index contributed by atoms with van der Waals surface area (Å²) in [4.78, 5) is 28.8. The van der Waals surface area contributed by atoms with E-state index in [1.165, 1.54) is 36.7 Å². The monoisotopic (exact) mass is 940 g/mol. The van der Waals surface area contributed by atoms with Gasteiger partial charge >= 0.3 is 26.8 Å². The molecule has 56 heavy (non-hydrogen) atoms. The number of pyridine rings is 2. The number of hydrogen-bond donors (Lipinski definition) is 0. The third-order valence-electron chi connectivity index (χ3n) is 7.96. The Morgan fingerprint density at radius 2 is 0.821 bits per heavy atom. The number of rotatable bonds is 8. The van der Waals surface area contributed by atoms with E-state index in [0.29, 0.717) is 12.1 Å². The summed E-state index contributed by atoms with van der Waals surface area (Å²) in [5.74, 6) is -6.18. The van der Waals surface area contributed by atoms with Crippen LogP contribution in [0.15, 0.2) is 147 Å². The molecule has 0 saturated heterocycles. The van der Waals surface area contributed by atoms with Crippen molar-refractivity contribution in [1.82, 2.24) is 48.7 Å². The molecular formula is C36H24BF4IrN10O4. The molecular weight excluding hydrogens is 915 g/mol. The average molecular weight is 940 g/mol. The summed E-state index contributed by atoms with van der Waals surface area (Å²) in [5, 5.41) is 39.3. The molecule has 0 aliphatic rings. The SMILES string of the molecule is O=C([O-])c1ncccc1-c1ccc(F)cc1F.O=C([O-])c1ncccc1-c1ccc(F)cc1F.[Ir+3].c1cnn([B-](n2cccn2)(n2cccn2)n2cccn2)c1. The van der Waals surface area contributed by atoms with Gasteiger partial charge in [0, 0.05) is 71.6 Å². The number of hydrogen-bond acceptors (Lipinski definition) is 10. The number of nitrogens with zero attached hydrogens (tertiary/aromatic N) is 10. The molecule has 0 N–H and O–H groups in total. The van der Waals surface area contributed by atoms with Gasteiger partial charge < -0.3 is 38.2 Å². The molecule has 6 heterocycles. The topological polar surface area (TPSA) is 177 Å². The van der Waals surface area contributed by atoms with Gasteiger partial charge in [-0.25, -0.2) is 38.0 Å². The molecule has 0 unspecified atom stereocenters. The van der Waals surface area contributed by atoms with E-state index in [0.717, 1.165) is 24.3 Å². The van der Waals surface area contributed by atoms with Crippen molar-refractivity contribution in [2.24, 2.45) is 0 Å². The first kappa shape index (κ1) is 40.1. The maximum Gasteiger partial charge on any atom is 3.00 e. The molecule has 0 bridgehead atoms. The number of carboxylic acids is 2. The maximum atomic E-state index is 13.5. The zero-order chi connectivity index (χ0) is 39.0. The van der Waals surface area contributed by atoms with Crippen LogP contribution in [0.5, 0.6) is 0 Å². The minimum absolute atomic E-state index is 0. The number of halogens is 4. The van der Waals surface area contributed by atoms with Gasteiger partial charge in [-0.15, -0.1) is 0 Å². The smallest absolute Gasteiger partial charge is 0.543 e. The number of aromatic nitrogens is 10. The van der Waals surface area contributed by atoms with Gasteiger partial charge in [-0.2, -0.15) is 0 Å². The molecule has 0 radical (unpaired) electrons. The van der Waals surface area contributed by atoms with E-state index < -0.39 is 41.9 Å². The van der Waals surface area contributed by atoms with E-state index in [9.17, 15) is 37.4 Å². The Morgan fingerprint density at radius 1 is 0.482 bits per heavy atom. The fourth-order valence-corrected chi connectivity index (χ4v) is 5.66. The molecule has 0 aliphatic heterocycles. The predicted octanol–water partition coefficient (Wildman–Crippen LogP) is 3.18. The van der Waals surface area contributed by atoms with Gasteiger partial charge in [0.1, 0.15) is 23.3 Å². The molecule has 6 aromatic heterocycles. The van der Waals surface area contributed by atoms with Crippen molar-refractivity contribution in [3.63, 3.8) is 0 Å². The Hall–Kier alpha value is -7.05. The molecule has 2 aromatic carbocycles. The molecule has 0 fully saturated rings. The zero-order valence-electron chi connectivity index (χ0n) is 28.4. The minimum atomic E-state index is -1.83. The Morgan fingerprint density at radius 3 is 1.09 bits per heavy atom. The van der Waals surface area contributed by atoms with E-state index in [-0.39, 0.29) is 53.7 Å². The van der Waals surface area contributed by atoms with Crippen molar-refractivity contribution < 1.29 is 57.5 Å². The average Bonchev–Trinajstić information content (AvgIpc) is 4.03. The van der Waals surface area contributed by atoms with Crippen LogP contribution in [-0.4, -0.2) is 67.4 Å². The summed E-state index contributed by atoms with van der Waals surface area (Å²) >= 11 is 0. The Labute approximate surface area is 327 Å². The van der Waals surface area contributed by atoms with Crippen molar-refractivity contribution in [3.8, 4) is 22.3 Å². The number of carboxylic acid groups (broad SMARTS) is 2. The van der Waals surface area contributed by atoms with Gasteiger partial charge in [0.2, 0.25) is 0 Å². The van der Waals surface area contributed by atoms with Crippen molar-refractivity contribution in [2.45, 2.75) is 0 Å². The van der Waals surface area contributed by atoms with E-state index >= 15 is 0 Å². The quantitative estimate of drug-likeness (QED) is 0.163. The number of carbonyl (C=O) groups is 2. The Kier molecular flexibility index (Phi) is 12.8. The maximum absolute atomic E-state index is 13.5. The Bertz CT molecular complexity index is 2280. The third kappa shape index (κ3) is 8.35. The number of benzene rings is 2. The second kappa shape index (κ2) is 17.9. The van der Waals surface area contributed by atoms with Crippen LogP contribution >= 0.6 is 0 Å². The van der Waals surface area contributed by atoms with Gasteiger partial charge in [0.15, 0.2) is 0 Å². The molecule has 8 aromatic rings. The second-order valence-electron chi connectivity index (χ2n) is 11.3. The van der Waals surface area contributed by atoms with Crippen molar-refractivity contribution >= 4 is 18.6 Å². The van der Waals surface area contributed by atoms with E-state index in [2.05, 4.69) is 30.4 Å². The van der Waals surface area contributed by atoms with Crippen LogP contribution < -0.4 is 10.2 Å². The van der Waals surface area contributed by atoms with Crippen LogP contribution in [0.4, 0.5) is 17.6 Å². The molecule has 14 nitrogen and oxygen atoms in total. The van der Waals surface area contributed by atoms with E-state index in [4.69, 9.17) is 0 Å². The van der Waals surface area contributed by atoms with Crippen LogP contribution in [0, 0.1) is 23.3 Å². The predicted molar refractivity (Wildman–Crippen MR) is 184 cm³/mol. The molecule has 282 valence electrons. The fraction of sp³-hybridized carbons (Fsp3) is 0. The van der Waals surface area contributed by atoms with Gasteiger partial charge in [-0.3, -0.25) is 9.97 Å². The number of carbonyl (C=O) groups excluding carboxylic acids is 2. The van der Waals surface area contributed by atoms with E-state index in [1.807, 2.05) is 67.4 Å².